The van der Waals surface area contributed by atoms with Crippen LogP contribution in [0.3, 0.4) is 0 Å². The van der Waals surface area contributed by atoms with E-state index in [1.165, 1.54) is 11.8 Å². The first-order valence-electron chi connectivity index (χ1n) is 6.75. The van der Waals surface area contributed by atoms with Gasteiger partial charge in [-0.25, -0.2) is 0 Å². The molecule has 0 bridgehead atoms. The number of fused-ring (bicyclic) bond motifs is 1. The van der Waals surface area contributed by atoms with E-state index in [-0.39, 0.29) is 24.5 Å². The van der Waals surface area contributed by atoms with Crippen LogP contribution in [0.4, 0.5) is 5.69 Å². The summed E-state index contributed by atoms with van der Waals surface area (Å²) in [5.41, 5.74) is 1.19. The van der Waals surface area contributed by atoms with Crippen LogP contribution in [0, 0.1) is 0 Å². The predicted octanol–water partition coefficient (Wildman–Crippen LogP) is 0.564. The third-order valence-corrected chi connectivity index (χ3v) is 4.63. The smallest absolute Gasteiger partial charge is 0.254 e. The highest BCUT2D eigenvalue weighted by Gasteiger charge is 2.28. The number of aliphatic hydroxyl groups is 1. The summed E-state index contributed by atoms with van der Waals surface area (Å²) in [7, 11) is 0. The van der Waals surface area contributed by atoms with Gasteiger partial charge in [0.05, 0.1) is 37.3 Å². The van der Waals surface area contributed by atoms with Crippen LogP contribution in [0.5, 0.6) is 0 Å². The van der Waals surface area contributed by atoms with E-state index in [0.717, 1.165) is 4.90 Å². The number of benzene rings is 1. The van der Waals surface area contributed by atoms with E-state index in [2.05, 4.69) is 5.32 Å². The highest BCUT2D eigenvalue weighted by Crippen LogP contribution is 2.32. The molecular weight excluding hydrogens is 292 g/mol. The van der Waals surface area contributed by atoms with Gasteiger partial charge in [0.15, 0.2) is 0 Å². The first-order valence-corrected chi connectivity index (χ1v) is 7.74. The number of nitrogens with zero attached hydrogens (tertiary/aromatic N) is 1. The molecule has 1 aromatic rings. The van der Waals surface area contributed by atoms with Crippen molar-refractivity contribution in [3.8, 4) is 0 Å². The Morgan fingerprint density at radius 3 is 3.19 bits per heavy atom. The molecule has 1 fully saturated rings. The van der Waals surface area contributed by atoms with Gasteiger partial charge in [0.25, 0.3) is 5.91 Å². The lowest BCUT2D eigenvalue weighted by molar-refractivity contribution is -0.113. The number of nitrogens with one attached hydrogen (secondary N) is 1. The molecule has 1 atom stereocenters. The Labute approximate surface area is 126 Å². The number of amides is 2. The summed E-state index contributed by atoms with van der Waals surface area (Å²) in [6.07, 6.45) is 0. The van der Waals surface area contributed by atoms with Gasteiger partial charge in [0.2, 0.25) is 5.91 Å². The normalized spacial score (nSPS) is 21.7. The van der Waals surface area contributed by atoms with Gasteiger partial charge in [-0.15, -0.1) is 11.8 Å². The van der Waals surface area contributed by atoms with E-state index >= 15 is 0 Å². The Bertz CT molecular complexity index is 578. The number of hydrogen-bond donors (Lipinski definition) is 2. The monoisotopic (exact) mass is 308 g/mol. The fraction of sp³-hybridized carbons (Fsp3) is 0.429. The molecule has 2 aliphatic heterocycles. The van der Waals surface area contributed by atoms with E-state index < -0.39 is 0 Å². The van der Waals surface area contributed by atoms with Gasteiger partial charge >= 0.3 is 0 Å². The topological polar surface area (TPSA) is 78.9 Å². The van der Waals surface area contributed by atoms with Crippen LogP contribution >= 0.6 is 11.8 Å². The second kappa shape index (κ2) is 6.05. The molecule has 0 aliphatic carbocycles. The van der Waals surface area contributed by atoms with Crippen molar-refractivity contribution >= 4 is 29.3 Å². The number of hydrogen-bond acceptors (Lipinski definition) is 5. The molecule has 0 aromatic heterocycles. The van der Waals surface area contributed by atoms with E-state index in [1.54, 1.807) is 17.0 Å². The van der Waals surface area contributed by atoms with Crippen molar-refractivity contribution in [3.63, 3.8) is 0 Å². The molecule has 1 aromatic carbocycles. The molecule has 1 unspecified atom stereocenters. The Kier molecular flexibility index (Phi) is 4.14. The zero-order chi connectivity index (χ0) is 14.8. The molecule has 1 saturated heterocycles. The molecule has 112 valence electrons. The molecule has 21 heavy (non-hydrogen) atoms. The molecule has 3 rings (SSSR count). The summed E-state index contributed by atoms with van der Waals surface area (Å²) in [5.74, 6) is 0.192. The van der Waals surface area contributed by atoms with Crippen molar-refractivity contribution in [3.05, 3.63) is 23.8 Å². The third kappa shape index (κ3) is 2.90. The number of carbonyl (C=O) groups is 2. The van der Waals surface area contributed by atoms with E-state index in [0.29, 0.717) is 36.8 Å². The van der Waals surface area contributed by atoms with Gasteiger partial charge in [0.1, 0.15) is 0 Å². The Hall–Kier alpha value is -1.57. The van der Waals surface area contributed by atoms with Crippen LogP contribution in [-0.2, 0) is 9.53 Å². The van der Waals surface area contributed by atoms with Crippen molar-refractivity contribution in [1.82, 2.24) is 4.90 Å². The number of carbonyl (C=O) groups excluding carboxylic acids is 2. The van der Waals surface area contributed by atoms with Gasteiger partial charge in [-0.1, -0.05) is 0 Å². The predicted molar refractivity (Wildman–Crippen MR) is 78.5 cm³/mol. The minimum Gasteiger partial charge on any atom is -0.394 e. The average Bonchev–Trinajstić information content (AvgIpc) is 2.53. The first-order chi connectivity index (χ1) is 10.2. The first kappa shape index (κ1) is 14.4. The number of morpholine rings is 1. The summed E-state index contributed by atoms with van der Waals surface area (Å²) >= 11 is 1.46. The zero-order valence-electron chi connectivity index (χ0n) is 11.4. The minimum absolute atomic E-state index is 0.0586. The molecule has 2 N–H and O–H groups in total. The number of anilines is 1. The summed E-state index contributed by atoms with van der Waals surface area (Å²) in [6, 6.07) is 4.99. The van der Waals surface area contributed by atoms with Crippen LogP contribution in [0.25, 0.3) is 0 Å². The summed E-state index contributed by atoms with van der Waals surface area (Å²) < 4.78 is 5.28. The lowest BCUT2D eigenvalue weighted by Crippen LogP contribution is -2.50. The van der Waals surface area contributed by atoms with Gasteiger partial charge in [0, 0.05) is 17.0 Å². The van der Waals surface area contributed by atoms with Gasteiger partial charge < -0.3 is 20.1 Å². The zero-order valence-corrected chi connectivity index (χ0v) is 12.2. The molecule has 2 aliphatic rings. The van der Waals surface area contributed by atoms with E-state index in [9.17, 15) is 14.7 Å². The highest BCUT2D eigenvalue weighted by molar-refractivity contribution is 8.00. The Morgan fingerprint density at radius 2 is 2.38 bits per heavy atom. The summed E-state index contributed by atoms with van der Waals surface area (Å²) in [5, 5.41) is 12.1. The molecule has 2 amide bonds. The SMILES string of the molecule is O=C1CSc2ccc(C(=O)N3CCOCC3CO)cc2N1. The minimum atomic E-state index is -0.314. The van der Waals surface area contributed by atoms with Crippen molar-refractivity contribution in [1.29, 1.82) is 0 Å². The van der Waals surface area contributed by atoms with Crippen LogP contribution in [0.15, 0.2) is 23.1 Å². The number of aliphatic hydroxyl groups excluding tert-OH is 1. The quantitative estimate of drug-likeness (QED) is 0.835. The maximum absolute atomic E-state index is 12.6. The van der Waals surface area contributed by atoms with Gasteiger partial charge in [-0.2, -0.15) is 0 Å². The average molecular weight is 308 g/mol. The fourth-order valence-corrected chi connectivity index (χ4v) is 3.24. The van der Waals surface area contributed by atoms with Crippen LogP contribution in [-0.4, -0.2) is 60.0 Å². The van der Waals surface area contributed by atoms with Crippen LogP contribution < -0.4 is 5.32 Å². The van der Waals surface area contributed by atoms with Crippen molar-refractivity contribution in [2.75, 3.05) is 37.4 Å². The molecule has 6 nitrogen and oxygen atoms in total. The number of thioether (sulfide) groups is 1. The highest BCUT2D eigenvalue weighted by atomic mass is 32.2. The third-order valence-electron chi connectivity index (χ3n) is 3.56. The molecular formula is C14H16N2O4S. The molecule has 0 spiro atoms. The maximum Gasteiger partial charge on any atom is 0.254 e. The summed E-state index contributed by atoms with van der Waals surface area (Å²) in [4.78, 5) is 26.6. The summed E-state index contributed by atoms with van der Waals surface area (Å²) in [6.45, 7) is 1.16. The van der Waals surface area contributed by atoms with Crippen LogP contribution in [0.1, 0.15) is 10.4 Å². The lowest BCUT2D eigenvalue weighted by atomic mass is 10.1. The fourth-order valence-electron chi connectivity index (χ4n) is 2.46. The van der Waals surface area contributed by atoms with Crippen molar-refractivity contribution in [2.24, 2.45) is 0 Å². The standard InChI is InChI=1S/C14H16N2O4S/c17-6-10-7-20-4-3-16(10)14(19)9-1-2-12-11(5-9)15-13(18)8-21-12/h1-2,5,10,17H,3-4,6-8H2,(H,15,18). The van der Waals surface area contributed by atoms with Crippen LogP contribution in [0.2, 0.25) is 0 Å². The van der Waals surface area contributed by atoms with Gasteiger partial charge in [-0.05, 0) is 18.2 Å². The van der Waals surface area contributed by atoms with Gasteiger partial charge in [-0.3, -0.25) is 9.59 Å². The molecule has 0 radical (unpaired) electrons. The Morgan fingerprint density at radius 1 is 1.52 bits per heavy atom. The Balaban J connectivity index is 1.84. The maximum atomic E-state index is 12.6. The number of rotatable bonds is 2. The van der Waals surface area contributed by atoms with Crippen molar-refractivity contribution in [2.45, 2.75) is 10.9 Å². The lowest BCUT2D eigenvalue weighted by Gasteiger charge is -2.34. The second-order valence-corrected chi connectivity index (χ2v) is 5.97. The van der Waals surface area contributed by atoms with Crippen molar-refractivity contribution < 1.29 is 19.4 Å². The van der Waals surface area contributed by atoms with E-state index in [1.807, 2.05) is 6.07 Å². The molecule has 0 saturated carbocycles. The van der Waals surface area contributed by atoms with E-state index in [4.69, 9.17) is 4.74 Å². The number of ether oxygens (including phenoxy) is 1. The largest absolute Gasteiger partial charge is 0.394 e. The molecule has 7 heteroatoms. The molecule has 2 heterocycles. The second-order valence-electron chi connectivity index (χ2n) is 4.96.